The van der Waals surface area contributed by atoms with E-state index in [1.165, 1.54) is 0 Å². The van der Waals surface area contributed by atoms with Crippen LogP contribution in [0.25, 0.3) is 0 Å². The van der Waals surface area contributed by atoms with E-state index in [9.17, 15) is 14.4 Å². The number of Topliss-reactive ketones (excluding diaryl/α,β-unsaturated/α-hetero) is 1. The van der Waals surface area contributed by atoms with Crippen molar-refractivity contribution < 1.29 is 14.4 Å². The molecule has 1 aliphatic rings. The summed E-state index contributed by atoms with van der Waals surface area (Å²) in [5.41, 5.74) is 0.525. The Morgan fingerprint density at radius 1 is 1.17 bits per heavy atom. The predicted octanol–water partition coefficient (Wildman–Crippen LogP) is 1.23. The number of anilines is 1. The zero-order valence-corrected chi connectivity index (χ0v) is 9.29. The van der Waals surface area contributed by atoms with Gasteiger partial charge in [0.15, 0.2) is 5.78 Å². The number of nitrogens with one attached hydrogen (secondary N) is 1. The third kappa shape index (κ3) is 2.94. The van der Waals surface area contributed by atoms with E-state index < -0.39 is 17.7 Å². The molecule has 6 nitrogen and oxygen atoms in total. The van der Waals surface area contributed by atoms with Crippen LogP contribution in [0.3, 0.4) is 0 Å². The van der Waals surface area contributed by atoms with Crippen LogP contribution in [0, 0.1) is 0 Å². The first kappa shape index (κ1) is 11.8. The maximum absolute atomic E-state index is 11.6. The van der Waals surface area contributed by atoms with Crippen LogP contribution >= 0.6 is 0 Å². The lowest BCUT2D eigenvalue weighted by Gasteiger charge is -2.03. The number of carbonyl (C=O) groups is 3. The number of amides is 3. The van der Waals surface area contributed by atoms with Gasteiger partial charge in [-0.1, -0.05) is 18.2 Å². The highest BCUT2D eigenvalue weighted by Crippen LogP contribution is 2.06. The number of hydrogen-bond donors (Lipinski definition) is 1. The molecule has 0 bridgehead atoms. The Labute approximate surface area is 102 Å². The molecule has 90 valence electrons. The first-order chi connectivity index (χ1) is 8.65. The van der Waals surface area contributed by atoms with E-state index in [2.05, 4.69) is 15.3 Å². The summed E-state index contributed by atoms with van der Waals surface area (Å²) >= 11 is 0. The van der Waals surface area contributed by atoms with Gasteiger partial charge in [0.25, 0.3) is 0 Å². The summed E-state index contributed by atoms with van der Waals surface area (Å²) in [6.45, 7) is 0. The van der Waals surface area contributed by atoms with E-state index >= 15 is 0 Å². The minimum Gasteiger partial charge on any atom is -0.326 e. The van der Waals surface area contributed by atoms with Crippen molar-refractivity contribution in [1.82, 2.24) is 0 Å². The van der Waals surface area contributed by atoms with Gasteiger partial charge in [-0.3, -0.25) is 9.59 Å². The molecule has 0 aliphatic carbocycles. The Hall–Kier alpha value is -2.63. The molecule has 0 spiro atoms. The predicted molar refractivity (Wildman–Crippen MR) is 66.0 cm³/mol. The van der Waals surface area contributed by atoms with Crippen LogP contribution in [0.1, 0.15) is 6.42 Å². The highest BCUT2D eigenvalue weighted by atomic mass is 16.2. The second-order valence-corrected chi connectivity index (χ2v) is 3.55. The number of nitrogens with zero attached hydrogens (tertiary/aromatic N) is 2. The van der Waals surface area contributed by atoms with E-state index in [4.69, 9.17) is 0 Å². The number of para-hydroxylation sites is 1. The summed E-state index contributed by atoms with van der Waals surface area (Å²) in [5.74, 6) is -0.986. The van der Waals surface area contributed by atoms with Crippen molar-refractivity contribution in [2.45, 2.75) is 6.42 Å². The van der Waals surface area contributed by atoms with Crippen LogP contribution in [0.4, 0.5) is 10.5 Å². The molecule has 1 aromatic rings. The Bertz CT molecular complexity index is 561. The first-order valence-corrected chi connectivity index (χ1v) is 5.20. The molecule has 0 fully saturated rings. The molecule has 0 radical (unpaired) electrons. The van der Waals surface area contributed by atoms with Crippen molar-refractivity contribution in [2.24, 2.45) is 9.98 Å². The number of benzene rings is 1. The lowest BCUT2D eigenvalue weighted by Crippen LogP contribution is -2.22. The second-order valence-electron chi connectivity index (χ2n) is 3.55. The fourth-order valence-corrected chi connectivity index (χ4v) is 1.37. The Kier molecular flexibility index (Phi) is 3.38. The lowest BCUT2D eigenvalue weighted by molar-refractivity contribution is -0.122. The summed E-state index contributed by atoms with van der Waals surface area (Å²) < 4.78 is 0. The topological polar surface area (TPSA) is 88.0 Å². The maximum atomic E-state index is 11.6. The van der Waals surface area contributed by atoms with Crippen LogP contribution in [-0.4, -0.2) is 29.6 Å². The van der Waals surface area contributed by atoms with E-state index in [1.54, 1.807) is 24.3 Å². The highest BCUT2D eigenvalue weighted by molar-refractivity contribution is 6.65. The normalized spacial score (nSPS) is 13.3. The molecule has 0 aromatic heterocycles. The molecular formula is C12H9N3O3. The third-order valence-corrected chi connectivity index (χ3v) is 2.18. The lowest BCUT2D eigenvalue weighted by atomic mass is 10.2. The van der Waals surface area contributed by atoms with Crippen molar-refractivity contribution in [1.29, 1.82) is 0 Å². The van der Waals surface area contributed by atoms with E-state index in [0.29, 0.717) is 5.69 Å². The number of ketones is 1. The molecule has 0 unspecified atom stereocenters. The summed E-state index contributed by atoms with van der Waals surface area (Å²) in [6.07, 6.45) is 0.702. The summed E-state index contributed by atoms with van der Waals surface area (Å²) in [5, 5.41) is 2.56. The van der Waals surface area contributed by atoms with Gasteiger partial charge < -0.3 is 5.32 Å². The zero-order valence-electron chi connectivity index (χ0n) is 9.29. The van der Waals surface area contributed by atoms with Gasteiger partial charge in [-0.2, -0.15) is 9.98 Å². The number of carbonyl (C=O) groups excluding carboxylic acids is 3. The van der Waals surface area contributed by atoms with Gasteiger partial charge in [0.2, 0.25) is 5.91 Å². The average molecular weight is 243 g/mol. The fourth-order valence-electron chi connectivity index (χ4n) is 1.37. The maximum Gasteiger partial charge on any atom is 0.367 e. The average Bonchev–Trinajstić information content (AvgIpc) is 2.77. The monoisotopic (exact) mass is 243 g/mol. The third-order valence-electron chi connectivity index (χ3n) is 2.18. The van der Waals surface area contributed by atoms with Gasteiger partial charge in [0.1, 0.15) is 5.71 Å². The molecule has 0 saturated heterocycles. The quantitative estimate of drug-likeness (QED) is 0.806. The Morgan fingerprint density at radius 2 is 1.89 bits per heavy atom. The fraction of sp³-hybridized carbons (Fsp3) is 0.0833. The molecule has 6 heteroatoms. The number of hydrogen-bond acceptors (Lipinski definition) is 3. The summed E-state index contributed by atoms with van der Waals surface area (Å²) in [4.78, 5) is 40.5. The van der Waals surface area contributed by atoms with Crippen LogP contribution in [0.5, 0.6) is 0 Å². The smallest absolute Gasteiger partial charge is 0.326 e. The highest BCUT2D eigenvalue weighted by Gasteiger charge is 2.19. The van der Waals surface area contributed by atoms with Crippen LogP contribution in [-0.2, 0) is 9.59 Å². The molecule has 1 heterocycles. The molecule has 1 aromatic carbocycles. The summed E-state index contributed by atoms with van der Waals surface area (Å²) in [6, 6.07) is 8.05. The van der Waals surface area contributed by atoms with Gasteiger partial charge in [-0.15, -0.1) is 0 Å². The van der Waals surface area contributed by atoms with Gasteiger partial charge in [0, 0.05) is 5.69 Å². The Balaban J connectivity index is 1.92. The SMILES string of the molecule is O=C1N=CC(C(=O)CC(=O)Nc2ccccc2)=N1. The van der Waals surface area contributed by atoms with Crippen LogP contribution in [0.15, 0.2) is 40.3 Å². The molecule has 0 atom stereocenters. The van der Waals surface area contributed by atoms with E-state index in [0.717, 1.165) is 6.21 Å². The standard InChI is InChI=1S/C12H9N3O3/c16-10(9-7-13-12(18)15-9)6-11(17)14-8-4-2-1-3-5-8/h1-5,7H,6H2,(H,14,17). The zero-order chi connectivity index (χ0) is 13.0. The van der Waals surface area contributed by atoms with Crippen molar-refractivity contribution in [3.05, 3.63) is 30.3 Å². The van der Waals surface area contributed by atoms with Crippen LogP contribution in [0.2, 0.25) is 0 Å². The van der Waals surface area contributed by atoms with E-state index in [-0.39, 0.29) is 12.1 Å². The number of urea groups is 1. The van der Waals surface area contributed by atoms with Gasteiger partial charge >= 0.3 is 6.03 Å². The molecule has 2 rings (SSSR count). The second kappa shape index (κ2) is 5.13. The minimum atomic E-state index is -0.721. The molecule has 18 heavy (non-hydrogen) atoms. The number of rotatable bonds is 4. The van der Waals surface area contributed by atoms with Gasteiger partial charge in [-0.25, -0.2) is 4.79 Å². The van der Waals surface area contributed by atoms with Crippen molar-refractivity contribution >= 4 is 35.3 Å². The molecule has 0 saturated carbocycles. The Morgan fingerprint density at radius 3 is 2.50 bits per heavy atom. The minimum absolute atomic E-state index is 0.0804. The van der Waals surface area contributed by atoms with E-state index in [1.807, 2.05) is 6.07 Å². The molecular weight excluding hydrogens is 234 g/mol. The number of aliphatic imine (C=N–C) groups is 2. The van der Waals surface area contributed by atoms with Gasteiger partial charge in [0.05, 0.1) is 12.6 Å². The largest absolute Gasteiger partial charge is 0.367 e. The van der Waals surface area contributed by atoms with Crippen molar-refractivity contribution in [2.75, 3.05) is 5.32 Å². The molecule has 1 aliphatic heterocycles. The van der Waals surface area contributed by atoms with Crippen molar-refractivity contribution in [3.8, 4) is 0 Å². The molecule has 3 amide bonds. The summed E-state index contributed by atoms with van der Waals surface area (Å²) in [7, 11) is 0. The first-order valence-electron chi connectivity index (χ1n) is 5.20. The molecule has 1 N–H and O–H groups in total. The van der Waals surface area contributed by atoms with Crippen LogP contribution < -0.4 is 5.32 Å². The van der Waals surface area contributed by atoms with Gasteiger partial charge in [-0.05, 0) is 12.1 Å². The van der Waals surface area contributed by atoms with Crippen molar-refractivity contribution in [3.63, 3.8) is 0 Å².